The third-order valence-electron chi connectivity index (χ3n) is 2.45. The van der Waals surface area contributed by atoms with Gasteiger partial charge in [0.2, 0.25) is 0 Å². The normalized spacial score (nSPS) is 13.3. The van der Waals surface area contributed by atoms with E-state index in [9.17, 15) is 4.79 Å². The maximum Gasteiger partial charge on any atom is 0.176 e. The van der Waals surface area contributed by atoms with E-state index in [0.717, 1.165) is 9.35 Å². The summed E-state index contributed by atoms with van der Waals surface area (Å²) < 4.78 is 0.942. The van der Waals surface area contributed by atoms with Crippen molar-refractivity contribution in [3.8, 4) is 0 Å². The predicted molar refractivity (Wildman–Crippen MR) is 65.1 cm³/mol. The highest BCUT2D eigenvalue weighted by molar-refractivity contribution is 9.10. The van der Waals surface area contributed by atoms with Crippen LogP contribution in [-0.4, -0.2) is 5.78 Å². The molecular formula is C11H15BrOS. The molecule has 0 radical (unpaired) electrons. The molecule has 78 valence electrons. The van der Waals surface area contributed by atoms with Crippen LogP contribution < -0.4 is 0 Å². The molecule has 1 heterocycles. The smallest absolute Gasteiger partial charge is 0.176 e. The molecule has 0 N–H and O–H groups in total. The molecule has 1 aromatic rings. The van der Waals surface area contributed by atoms with Gasteiger partial charge in [0, 0.05) is 15.3 Å². The highest BCUT2D eigenvalue weighted by atomic mass is 79.9. The highest BCUT2D eigenvalue weighted by Crippen LogP contribution is 2.30. The van der Waals surface area contributed by atoms with E-state index >= 15 is 0 Å². The number of Topliss-reactive ketones (excluding diaryl/α,β-unsaturated/α-hetero) is 1. The first kappa shape index (κ1) is 11.9. The first-order valence-corrected chi connectivity index (χ1v) is 6.34. The number of hydrogen-bond donors (Lipinski definition) is 0. The fraction of sp³-hybridized carbons (Fsp3) is 0.545. The molecule has 0 bridgehead atoms. The van der Waals surface area contributed by atoms with E-state index in [1.54, 1.807) is 11.3 Å². The molecule has 0 aliphatic carbocycles. The van der Waals surface area contributed by atoms with E-state index < -0.39 is 0 Å². The Labute approximate surface area is 97.7 Å². The minimum Gasteiger partial charge on any atom is -0.293 e. The van der Waals surface area contributed by atoms with Gasteiger partial charge in [-0.15, -0.1) is 11.3 Å². The molecule has 0 amide bonds. The van der Waals surface area contributed by atoms with Gasteiger partial charge in [0.15, 0.2) is 5.78 Å². The standard InChI is InChI=1S/C11H15BrOS/c1-6(2)8(4)10(13)11-9(12)5-7(3)14-11/h5-6,8H,1-4H3. The van der Waals surface area contributed by atoms with Crippen molar-refractivity contribution in [1.82, 2.24) is 0 Å². The molecule has 1 nitrogen and oxygen atoms in total. The third kappa shape index (κ3) is 2.45. The molecule has 1 rings (SSSR count). The number of hydrogen-bond acceptors (Lipinski definition) is 2. The molecule has 0 fully saturated rings. The fourth-order valence-corrected chi connectivity index (χ4v) is 3.04. The van der Waals surface area contributed by atoms with Crippen LogP contribution in [0.2, 0.25) is 0 Å². The molecule has 1 aromatic heterocycles. The predicted octanol–water partition coefficient (Wildman–Crippen LogP) is 4.29. The number of halogens is 1. The van der Waals surface area contributed by atoms with Crippen LogP contribution in [0.4, 0.5) is 0 Å². The van der Waals surface area contributed by atoms with Gasteiger partial charge in [-0.2, -0.15) is 0 Å². The molecule has 0 aromatic carbocycles. The topological polar surface area (TPSA) is 17.1 Å². The zero-order valence-electron chi connectivity index (χ0n) is 8.93. The number of carbonyl (C=O) groups excluding carboxylic acids is 1. The molecule has 1 unspecified atom stereocenters. The number of thiophene rings is 1. The summed E-state index contributed by atoms with van der Waals surface area (Å²) in [5.74, 6) is 0.756. The van der Waals surface area contributed by atoms with Crippen LogP contribution in [-0.2, 0) is 0 Å². The molecule has 0 saturated carbocycles. The lowest BCUT2D eigenvalue weighted by Gasteiger charge is -2.12. The summed E-state index contributed by atoms with van der Waals surface area (Å²) in [6.45, 7) is 8.18. The van der Waals surface area contributed by atoms with Gasteiger partial charge in [0.1, 0.15) is 0 Å². The van der Waals surface area contributed by atoms with Crippen molar-refractivity contribution in [1.29, 1.82) is 0 Å². The average molecular weight is 275 g/mol. The molecule has 0 spiro atoms. The van der Waals surface area contributed by atoms with Crippen LogP contribution in [0.15, 0.2) is 10.5 Å². The summed E-state index contributed by atoms with van der Waals surface area (Å²) in [5, 5.41) is 0. The number of aryl methyl sites for hydroxylation is 1. The van der Waals surface area contributed by atoms with Crippen molar-refractivity contribution in [3.05, 3.63) is 20.3 Å². The second kappa shape index (κ2) is 4.58. The second-order valence-corrected chi connectivity index (χ2v) is 6.04. The zero-order valence-corrected chi connectivity index (χ0v) is 11.3. The quantitative estimate of drug-likeness (QED) is 0.752. The molecule has 0 aliphatic heterocycles. The van der Waals surface area contributed by atoms with Gasteiger partial charge in [-0.05, 0) is 34.8 Å². The first-order chi connectivity index (χ1) is 6.43. The van der Waals surface area contributed by atoms with E-state index in [4.69, 9.17) is 0 Å². The van der Waals surface area contributed by atoms with Crippen LogP contribution in [0.25, 0.3) is 0 Å². The largest absolute Gasteiger partial charge is 0.293 e. The van der Waals surface area contributed by atoms with Crippen LogP contribution in [0, 0.1) is 18.8 Å². The van der Waals surface area contributed by atoms with Crippen molar-refractivity contribution in [2.24, 2.45) is 11.8 Å². The number of ketones is 1. The van der Waals surface area contributed by atoms with E-state index in [1.165, 1.54) is 4.88 Å². The van der Waals surface area contributed by atoms with Gasteiger partial charge in [-0.25, -0.2) is 0 Å². The van der Waals surface area contributed by atoms with Crippen LogP contribution >= 0.6 is 27.3 Å². The van der Waals surface area contributed by atoms with Crippen LogP contribution in [0.3, 0.4) is 0 Å². The Balaban J connectivity index is 2.95. The Hall–Kier alpha value is -0.150. The molecule has 3 heteroatoms. The monoisotopic (exact) mass is 274 g/mol. The van der Waals surface area contributed by atoms with Gasteiger partial charge in [-0.1, -0.05) is 20.8 Å². The van der Waals surface area contributed by atoms with Gasteiger partial charge < -0.3 is 0 Å². The minimum absolute atomic E-state index is 0.101. The lowest BCUT2D eigenvalue weighted by atomic mass is 9.93. The molecule has 1 atom stereocenters. The van der Waals surface area contributed by atoms with E-state index in [0.29, 0.717) is 5.92 Å². The second-order valence-electron chi connectivity index (χ2n) is 3.93. The summed E-state index contributed by atoms with van der Waals surface area (Å²) in [6, 6.07) is 2.00. The van der Waals surface area contributed by atoms with Gasteiger partial charge in [0.25, 0.3) is 0 Å². The van der Waals surface area contributed by atoms with Crippen LogP contribution in [0.5, 0.6) is 0 Å². The minimum atomic E-state index is 0.101. The first-order valence-electron chi connectivity index (χ1n) is 4.73. The van der Waals surface area contributed by atoms with Crippen molar-refractivity contribution in [2.75, 3.05) is 0 Å². The summed E-state index contributed by atoms with van der Waals surface area (Å²) in [7, 11) is 0. The van der Waals surface area contributed by atoms with Crippen molar-refractivity contribution < 1.29 is 4.79 Å². The van der Waals surface area contributed by atoms with Gasteiger partial charge >= 0.3 is 0 Å². The van der Waals surface area contributed by atoms with E-state index in [-0.39, 0.29) is 11.7 Å². The highest BCUT2D eigenvalue weighted by Gasteiger charge is 2.22. The molecule has 0 saturated heterocycles. The Morgan fingerprint density at radius 2 is 2.00 bits per heavy atom. The molecule has 14 heavy (non-hydrogen) atoms. The fourth-order valence-electron chi connectivity index (χ4n) is 1.16. The Morgan fingerprint density at radius 3 is 2.36 bits per heavy atom. The van der Waals surface area contributed by atoms with E-state index in [2.05, 4.69) is 29.8 Å². The summed E-state index contributed by atoms with van der Waals surface area (Å²) in [6.07, 6.45) is 0. The van der Waals surface area contributed by atoms with Crippen molar-refractivity contribution >= 4 is 33.0 Å². The average Bonchev–Trinajstić information content (AvgIpc) is 2.42. The number of rotatable bonds is 3. The van der Waals surface area contributed by atoms with Gasteiger partial charge in [-0.3, -0.25) is 4.79 Å². The third-order valence-corrected chi connectivity index (χ3v) is 4.40. The maximum atomic E-state index is 12.0. The Bertz CT molecular complexity index is 341. The SMILES string of the molecule is Cc1cc(Br)c(C(=O)C(C)C(C)C)s1. The lowest BCUT2D eigenvalue weighted by Crippen LogP contribution is -2.16. The molecular weight excluding hydrogens is 260 g/mol. The van der Waals surface area contributed by atoms with Gasteiger partial charge in [0.05, 0.1) is 4.88 Å². The van der Waals surface area contributed by atoms with Crippen LogP contribution in [0.1, 0.15) is 35.3 Å². The Kier molecular flexibility index (Phi) is 3.90. The Morgan fingerprint density at radius 1 is 1.43 bits per heavy atom. The molecule has 0 aliphatic rings. The summed E-state index contributed by atoms with van der Waals surface area (Å²) in [5.41, 5.74) is 0. The summed E-state index contributed by atoms with van der Waals surface area (Å²) in [4.78, 5) is 14.0. The zero-order chi connectivity index (χ0) is 10.9. The lowest BCUT2D eigenvalue weighted by molar-refractivity contribution is 0.0903. The maximum absolute atomic E-state index is 12.0. The van der Waals surface area contributed by atoms with Crippen molar-refractivity contribution in [2.45, 2.75) is 27.7 Å². The number of carbonyl (C=O) groups is 1. The van der Waals surface area contributed by atoms with Crippen molar-refractivity contribution in [3.63, 3.8) is 0 Å². The summed E-state index contributed by atoms with van der Waals surface area (Å²) >= 11 is 5.00. The van der Waals surface area contributed by atoms with E-state index in [1.807, 2.05) is 19.9 Å².